The van der Waals surface area contributed by atoms with Crippen molar-refractivity contribution in [3.05, 3.63) is 0 Å². The maximum Gasteiger partial charge on any atom is 3.00 e. The Kier molecular flexibility index (Phi) is 313. The van der Waals surface area contributed by atoms with Crippen molar-refractivity contribution >= 4 is 40.5 Å². The molecule has 0 unspecified atom stereocenters. The molecule has 0 aromatic rings. The summed E-state index contributed by atoms with van der Waals surface area (Å²) in [6, 6.07) is 0. The fraction of sp³-hybridized carbons (Fsp3) is 0. The molecule has 0 atom stereocenters. The Morgan fingerprint density at radius 1 is 0.400 bits per heavy atom. The predicted molar refractivity (Wildman–Crippen MR) is 22.1 cm³/mol. The molecular weight excluding hydrogens is 282 g/mol. The third-order valence-electron chi connectivity index (χ3n) is 0. The first kappa shape index (κ1) is 50.2. The average molecular weight is 282 g/mol. The molecule has 0 heterocycles. The van der Waals surface area contributed by atoms with Gasteiger partial charge in [0.1, 0.15) is 0 Å². The normalized spacial score (nSPS) is 0. The molecule has 0 rings (SSSR count). The zero-order chi connectivity index (χ0) is 0. The molecule has 0 aliphatic heterocycles. The minimum absolute atomic E-state index is 0. The van der Waals surface area contributed by atoms with Crippen molar-refractivity contribution in [3.8, 4) is 0 Å². The molecule has 28 valence electrons. The van der Waals surface area contributed by atoms with Crippen LogP contribution in [-0.4, -0.2) is 0 Å². The van der Waals surface area contributed by atoms with Crippen molar-refractivity contribution in [3.63, 3.8) is 0 Å². The molecule has 0 saturated carbocycles. The van der Waals surface area contributed by atoms with Gasteiger partial charge in [-0.1, -0.05) is 0 Å². The quantitative estimate of drug-likeness (QED) is 0.548. The largest absolute Gasteiger partial charge is 3.00 e. The molecule has 5 heavy (non-hydrogen) atoms. The van der Waals surface area contributed by atoms with Crippen LogP contribution in [0.3, 0.4) is 0 Å². The molecule has 0 nitrogen and oxygen atoms in total. The van der Waals surface area contributed by atoms with Crippen LogP contribution in [0.5, 0.6) is 0 Å². The van der Waals surface area contributed by atoms with E-state index in [4.69, 9.17) is 0 Å². The fourth-order valence-electron chi connectivity index (χ4n) is 0. The molecule has 0 aliphatic carbocycles. The summed E-state index contributed by atoms with van der Waals surface area (Å²) in [5.41, 5.74) is 0. The second-order valence-electron chi connectivity index (χ2n) is 0. The van der Waals surface area contributed by atoms with Gasteiger partial charge in [0.2, 0.25) is 0 Å². The Balaban J connectivity index is 0. The van der Waals surface area contributed by atoms with Crippen LogP contribution in [0.15, 0.2) is 0 Å². The molecule has 0 amide bonds. The summed E-state index contributed by atoms with van der Waals surface area (Å²) in [5, 5.41) is 0. The Morgan fingerprint density at radius 3 is 0.400 bits per heavy atom. The molecule has 0 aliphatic rings. The van der Waals surface area contributed by atoms with Gasteiger partial charge in [-0.2, -0.15) is 0 Å². The van der Waals surface area contributed by atoms with Crippen LogP contribution in [0.2, 0.25) is 0 Å². The summed E-state index contributed by atoms with van der Waals surface area (Å²) in [4.78, 5) is 0. The summed E-state index contributed by atoms with van der Waals surface area (Å²) in [6.07, 6.45) is 0. The van der Waals surface area contributed by atoms with Gasteiger partial charge >= 0.3 is 44.8 Å². The predicted octanol–water partition coefficient (Wildman–Crippen LogP) is -0.0122. The maximum atomic E-state index is 0. The molecule has 0 aromatic heterocycles. The average Bonchev–Trinajstić information content (AvgIpc) is 0. The maximum absolute atomic E-state index is 0. The topological polar surface area (TPSA) is 0 Å². The van der Waals surface area contributed by atoms with Crippen molar-refractivity contribution in [2.24, 2.45) is 0 Å². The third kappa shape index (κ3) is 20.9. The van der Waals surface area contributed by atoms with E-state index in [9.17, 15) is 0 Å². The molecule has 0 N–H and O–H groups in total. The zero-order valence-electron chi connectivity index (χ0n) is 2.12. The first-order valence-electron chi connectivity index (χ1n) is 0. The van der Waals surface area contributed by atoms with E-state index in [1.165, 1.54) is 0 Å². The molecule has 0 bridgehead atoms. The second-order valence-corrected chi connectivity index (χ2v) is 0. The Morgan fingerprint density at radius 2 is 0.400 bits per heavy atom. The van der Waals surface area contributed by atoms with E-state index in [-0.39, 0.29) is 85.2 Å². The summed E-state index contributed by atoms with van der Waals surface area (Å²) in [6.45, 7) is 0. The first-order valence-corrected chi connectivity index (χ1v) is 0. The van der Waals surface area contributed by atoms with Crippen molar-refractivity contribution in [2.75, 3.05) is 0 Å². The summed E-state index contributed by atoms with van der Waals surface area (Å²) < 4.78 is 0. The van der Waals surface area contributed by atoms with Crippen LogP contribution in [0.4, 0.5) is 0 Å². The molecule has 0 fully saturated rings. The van der Waals surface area contributed by atoms with Crippen LogP contribution >= 0.6 is 0 Å². The SMILES string of the molecule is [Nb+3].[Nb+3].[S-2].[S-2].[S-2]. The van der Waals surface area contributed by atoms with E-state index in [1.807, 2.05) is 0 Å². The van der Waals surface area contributed by atoms with Gasteiger partial charge in [-0.3, -0.25) is 0 Å². The van der Waals surface area contributed by atoms with Gasteiger partial charge in [0.25, 0.3) is 0 Å². The van der Waals surface area contributed by atoms with Gasteiger partial charge in [-0.05, 0) is 0 Å². The molecule has 0 saturated heterocycles. The summed E-state index contributed by atoms with van der Waals surface area (Å²) in [5.74, 6) is 0. The van der Waals surface area contributed by atoms with E-state index in [0.29, 0.717) is 0 Å². The summed E-state index contributed by atoms with van der Waals surface area (Å²) >= 11 is 0. The van der Waals surface area contributed by atoms with Gasteiger partial charge in [0.15, 0.2) is 0 Å². The van der Waals surface area contributed by atoms with Gasteiger partial charge in [-0.15, -0.1) is 0 Å². The minimum atomic E-state index is 0. The Labute approximate surface area is 84.2 Å². The van der Waals surface area contributed by atoms with E-state index < -0.39 is 0 Å². The molecule has 0 aromatic carbocycles. The van der Waals surface area contributed by atoms with Gasteiger partial charge in [-0.25, -0.2) is 0 Å². The smallest absolute Gasteiger partial charge is 2.00 e. The van der Waals surface area contributed by atoms with Crippen LogP contribution in [0, 0.1) is 0 Å². The Bertz CT molecular complexity index is 4.85. The first-order chi connectivity index (χ1) is 0. The Hall–Kier alpha value is 2.53. The molecular formula is Nb2S3. The van der Waals surface area contributed by atoms with Crippen molar-refractivity contribution in [2.45, 2.75) is 0 Å². The number of rotatable bonds is 0. The summed E-state index contributed by atoms with van der Waals surface area (Å²) in [7, 11) is 0. The van der Waals surface area contributed by atoms with Crippen LogP contribution in [0.1, 0.15) is 0 Å². The third-order valence-corrected chi connectivity index (χ3v) is 0. The van der Waals surface area contributed by atoms with E-state index >= 15 is 0 Å². The van der Waals surface area contributed by atoms with Crippen LogP contribution < -0.4 is 0 Å². The zero-order valence-corrected chi connectivity index (χ0v) is 8.97. The van der Waals surface area contributed by atoms with Crippen molar-refractivity contribution < 1.29 is 44.8 Å². The fourth-order valence-corrected chi connectivity index (χ4v) is 0. The monoisotopic (exact) mass is 282 g/mol. The van der Waals surface area contributed by atoms with Crippen molar-refractivity contribution in [1.29, 1.82) is 0 Å². The molecule has 5 heteroatoms. The van der Waals surface area contributed by atoms with Gasteiger partial charge < -0.3 is 40.5 Å². The van der Waals surface area contributed by atoms with E-state index in [1.54, 1.807) is 0 Å². The minimum Gasteiger partial charge on any atom is -2.00 e. The van der Waals surface area contributed by atoms with Gasteiger partial charge in [0, 0.05) is 0 Å². The van der Waals surface area contributed by atoms with Crippen LogP contribution in [0.25, 0.3) is 0 Å². The van der Waals surface area contributed by atoms with Crippen molar-refractivity contribution in [1.82, 2.24) is 0 Å². The van der Waals surface area contributed by atoms with Crippen LogP contribution in [-0.2, 0) is 85.2 Å². The number of hydrogen-bond acceptors (Lipinski definition) is 0. The standard InChI is InChI=1S/2Nb.3S/q2*+3;3*-2. The molecule has 0 spiro atoms. The number of hydrogen-bond donors (Lipinski definition) is 0. The molecule has 0 radical (unpaired) electrons. The van der Waals surface area contributed by atoms with E-state index in [0.717, 1.165) is 0 Å². The second kappa shape index (κ2) is 31.2. The van der Waals surface area contributed by atoms with Gasteiger partial charge in [0.05, 0.1) is 0 Å². The van der Waals surface area contributed by atoms with E-state index in [2.05, 4.69) is 0 Å².